The fraction of sp³-hybridized carbons (Fsp3) is 0.625. The van der Waals surface area contributed by atoms with Gasteiger partial charge in [-0.05, 0) is 58.4 Å². The minimum atomic E-state index is -0.220. The number of hydrogen-bond donors (Lipinski definition) is 1. The minimum absolute atomic E-state index is 0.220. The van der Waals surface area contributed by atoms with E-state index < -0.39 is 0 Å². The molecule has 3 heteroatoms. The molecule has 0 spiro atoms. The molecule has 1 fully saturated rings. The van der Waals surface area contributed by atoms with Crippen molar-refractivity contribution < 1.29 is 4.39 Å². The number of likely N-dealkylation sites (tertiary alicyclic amines) is 1. The molecule has 2 atom stereocenters. The molecule has 2 nitrogen and oxygen atoms in total. The van der Waals surface area contributed by atoms with Crippen LogP contribution in [0, 0.1) is 0 Å². The lowest BCUT2D eigenvalue weighted by Gasteiger charge is -2.42. The van der Waals surface area contributed by atoms with Crippen LogP contribution in [0.3, 0.4) is 0 Å². The van der Waals surface area contributed by atoms with Gasteiger partial charge in [0.05, 0.1) is 0 Å². The van der Waals surface area contributed by atoms with Gasteiger partial charge in [0.1, 0.15) is 5.83 Å². The van der Waals surface area contributed by atoms with Gasteiger partial charge in [0.2, 0.25) is 0 Å². The topological polar surface area (TPSA) is 15.3 Å². The highest BCUT2D eigenvalue weighted by Gasteiger charge is 2.30. The van der Waals surface area contributed by atoms with Crippen LogP contribution in [0.15, 0.2) is 36.2 Å². The number of rotatable bonds is 5. The zero-order valence-corrected chi connectivity index (χ0v) is 12.6. The Morgan fingerprint density at radius 2 is 2.16 bits per heavy atom. The smallest absolute Gasteiger partial charge is 0.123 e. The normalized spacial score (nSPS) is 26.3. The first-order valence-electron chi connectivity index (χ1n) is 7.11. The van der Waals surface area contributed by atoms with Gasteiger partial charge in [-0.2, -0.15) is 0 Å². The van der Waals surface area contributed by atoms with E-state index in [4.69, 9.17) is 0 Å². The monoisotopic (exact) mass is 266 g/mol. The summed E-state index contributed by atoms with van der Waals surface area (Å²) in [4.78, 5) is 2.41. The molecule has 0 unspecified atom stereocenters. The van der Waals surface area contributed by atoms with Crippen LogP contribution in [0.25, 0.3) is 0 Å². The third kappa shape index (κ3) is 4.59. The third-order valence-electron chi connectivity index (χ3n) is 3.79. The quantitative estimate of drug-likeness (QED) is 0.767. The number of nitrogens with zero attached hydrogens (tertiary/aromatic N) is 1. The number of piperidine rings is 1. The zero-order valence-electron chi connectivity index (χ0n) is 12.6. The van der Waals surface area contributed by atoms with Gasteiger partial charge in [-0.1, -0.05) is 12.7 Å². The van der Waals surface area contributed by atoms with Gasteiger partial charge in [-0.3, -0.25) is 4.90 Å². The predicted molar refractivity (Wildman–Crippen MR) is 80.9 cm³/mol. The average molecular weight is 266 g/mol. The van der Waals surface area contributed by atoms with Crippen LogP contribution in [0.5, 0.6) is 0 Å². The first kappa shape index (κ1) is 16.1. The lowest BCUT2D eigenvalue weighted by Crippen LogP contribution is -2.51. The number of nitrogens with one attached hydrogen (secondary N) is 1. The summed E-state index contributed by atoms with van der Waals surface area (Å²) >= 11 is 0. The molecule has 0 aromatic rings. The van der Waals surface area contributed by atoms with E-state index >= 15 is 0 Å². The van der Waals surface area contributed by atoms with Crippen LogP contribution in [-0.2, 0) is 0 Å². The highest BCUT2D eigenvalue weighted by molar-refractivity contribution is 5.28. The molecule has 1 N–H and O–H groups in total. The van der Waals surface area contributed by atoms with E-state index in [9.17, 15) is 4.39 Å². The molecule has 0 bridgehead atoms. The Hall–Kier alpha value is -0.930. The van der Waals surface area contributed by atoms with E-state index in [0.29, 0.717) is 12.1 Å². The lowest BCUT2D eigenvalue weighted by molar-refractivity contribution is 0.117. The fourth-order valence-corrected chi connectivity index (χ4v) is 2.71. The maximum absolute atomic E-state index is 13.6. The Bertz CT molecular complexity index is 358. The van der Waals surface area contributed by atoms with Crippen LogP contribution < -0.4 is 5.32 Å². The zero-order chi connectivity index (χ0) is 14.4. The van der Waals surface area contributed by atoms with Gasteiger partial charge >= 0.3 is 0 Å². The third-order valence-corrected chi connectivity index (χ3v) is 3.79. The van der Waals surface area contributed by atoms with Crippen molar-refractivity contribution in [2.45, 2.75) is 51.7 Å². The van der Waals surface area contributed by atoms with Gasteiger partial charge in [-0.25, -0.2) is 4.39 Å². The summed E-state index contributed by atoms with van der Waals surface area (Å²) in [6.07, 6.45) is 6.88. The van der Waals surface area contributed by atoms with E-state index in [-0.39, 0.29) is 11.9 Å². The Morgan fingerprint density at radius 1 is 1.47 bits per heavy atom. The maximum atomic E-state index is 13.6. The Labute approximate surface area is 117 Å². The van der Waals surface area contributed by atoms with Crippen molar-refractivity contribution in [2.24, 2.45) is 0 Å². The molecule has 108 valence electrons. The van der Waals surface area contributed by atoms with Crippen LogP contribution in [0.4, 0.5) is 4.39 Å². The van der Waals surface area contributed by atoms with E-state index in [2.05, 4.69) is 30.6 Å². The summed E-state index contributed by atoms with van der Waals surface area (Å²) in [7, 11) is 1.99. The first-order chi connectivity index (χ1) is 8.99. The molecule has 0 aromatic carbocycles. The Balaban J connectivity index is 2.84. The van der Waals surface area contributed by atoms with E-state index in [0.717, 1.165) is 25.0 Å². The molecule has 0 aromatic heterocycles. The van der Waals surface area contributed by atoms with Crippen LogP contribution >= 0.6 is 0 Å². The van der Waals surface area contributed by atoms with Crippen molar-refractivity contribution in [1.29, 1.82) is 0 Å². The second-order valence-electron chi connectivity index (χ2n) is 5.46. The summed E-state index contributed by atoms with van der Waals surface area (Å²) in [6.45, 7) is 11.3. The molecular weight excluding hydrogens is 239 g/mol. The summed E-state index contributed by atoms with van der Waals surface area (Å²) in [5.74, 6) is -0.220. The van der Waals surface area contributed by atoms with E-state index in [1.54, 1.807) is 12.2 Å². The number of allylic oxidation sites excluding steroid dienone is 3. The Kier molecular flexibility index (Phi) is 6.46. The van der Waals surface area contributed by atoms with Gasteiger partial charge in [0, 0.05) is 24.7 Å². The standard InChI is InChI=1S/C16H27FN2/c1-6-7-14(17)10-13(4)16-11-15(18-5)8-9-19(16)12(2)3/h6-7,10,12,15-16,18H,4,8-9,11H2,1-3,5H3/b7-6-,14-10+/t15-,16+/m1/s1. The van der Waals surface area contributed by atoms with E-state index in [1.807, 2.05) is 14.0 Å². The molecular formula is C16H27FN2. The molecule has 1 rings (SSSR count). The van der Waals surface area contributed by atoms with Crippen molar-refractivity contribution in [2.75, 3.05) is 13.6 Å². The van der Waals surface area contributed by atoms with Gasteiger partial charge in [0.15, 0.2) is 0 Å². The highest BCUT2D eigenvalue weighted by atomic mass is 19.1. The first-order valence-corrected chi connectivity index (χ1v) is 7.11. The number of halogens is 1. The summed E-state index contributed by atoms with van der Waals surface area (Å²) < 4.78 is 13.6. The van der Waals surface area contributed by atoms with Crippen LogP contribution in [0.1, 0.15) is 33.6 Å². The molecule has 1 saturated heterocycles. The van der Waals surface area contributed by atoms with Crippen molar-refractivity contribution in [3.05, 3.63) is 36.2 Å². The molecule has 0 amide bonds. The van der Waals surface area contributed by atoms with Crippen molar-refractivity contribution >= 4 is 0 Å². The average Bonchev–Trinajstić information content (AvgIpc) is 2.37. The molecule has 19 heavy (non-hydrogen) atoms. The second-order valence-corrected chi connectivity index (χ2v) is 5.46. The molecule has 1 aliphatic heterocycles. The van der Waals surface area contributed by atoms with Crippen molar-refractivity contribution in [1.82, 2.24) is 10.2 Å². The van der Waals surface area contributed by atoms with Crippen LogP contribution in [-0.4, -0.2) is 36.6 Å². The van der Waals surface area contributed by atoms with E-state index in [1.165, 1.54) is 6.08 Å². The minimum Gasteiger partial charge on any atom is -0.317 e. The SMILES string of the molecule is C=C(/C=C(F)\C=C/C)[C@@H]1C[C@H](NC)CCN1C(C)C. The molecule has 0 aliphatic carbocycles. The summed E-state index contributed by atoms with van der Waals surface area (Å²) in [5, 5.41) is 3.33. The maximum Gasteiger partial charge on any atom is 0.123 e. The van der Waals surface area contributed by atoms with Crippen molar-refractivity contribution in [3.63, 3.8) is 0 Å². The largest absolute Gasteiger partial charge is 0.317 e. The predicted octanol–water partition coefficient (Wildman–Crippen LogP) is 3.43. The second kappa shape index (κ2) is 7.61. The molecule has 1 heterocycles. The van der Waals surface area contributed by atoms with Gasteiger partial charge in [0.25, 0.3) is 0 Å². The van der Waals surface area contributed by atoms with Crippen LogP contribution in [0.2, 0.25) is 0 Å². The van der Waals surface area contributed by atoms with Gasteiger partial charge < -0.3 is 5.32 Å². The Morgan fingerprint density at radius 3 is 2.68 bits per heavy atom. The fourth-order valence-electron chi connectivity index (χ4n) is 2.71. The van der Waals surface area contributed by atoms with Gasteiger partial charge in [-0.15, -0.1) is 0 Å². The molecule has 0 saturated carbocycles. The molecule has 1 aliphatic rings. The number of hydrogen-bond acceptors (Lipinski definition) is 2. The summed E-state index contributed by atoms with van der Waals surface area (Å²) in [5.41, 5.74) is 0.865. The highest BCUT2D eigenvalue weighted by Crippen LogP contribution is 2.26. The summed E-state index contributed by atoms with van der Waals surface area (Å²) in [6, 6.07) is 1.18. The van der Waals surface area contributed by atoms with Crippen molar-refractivity contribution in [3.8, 4) is 0 Å². The molecule has 0 radical (unpaired) electrons. The lowest BCUT2D eigenvalue weighted by atomic mass is 9.91.